The summed E-state index contributed by atoms with van der Waals surface area (Å²) in [5.74, 6) is 5.52. The lowest BCUT2D eigenvalue weighted by Gasteiger charge is -2.16. The van der Waals surface area contributed by atoms with Crippen LogP contribution in [0, 0.1) is 11.8 Å². The van der Waals surface area contributed by atoms with Gasteiger partial charge in [-0.1, -0.05) is 11.8 Å². The maximum absolute atomic E-state index is 11.6. The molecule has 0 saturated carbocycles. The van der Waals surface area contributed by atoms with Gasteiger partial charge in [0.2, 0.25) is 5.91 Å². The van der Waals surface area contributed by atoms with Crippen molar-refractivity contribution in [1.82, 2.24) is 10.2 Å². The fraction of sp³-hybridized carbons (Fsp3) is 0.500. The van der Waals surface area contributed by atoms with Crippen LogP contribution in [0.1, 0.15) is 24.3 Å². The standard InChI is InChI=1S/C14H20N2O2S/c1-11(2)15-14(18)9-16(3)8-13-7-12(10-19-13)5-4-6-17/h7,10-11,17H,6,8-9H2,1-3H3,(H,15,18). The molecule has 4 nitrogen and oxygen atoms in total. The first-order valence-electron chi connectivity index (χ1n) is 6.16. The summed E-state index contributed by atoms with van der Waals surface area (Å²) >= 11 is 1.61. The van der Waals surface area contributed by atoms with Crippen LogP contribution in [-0.2, 0) is 11.3 Å². The van der Waals surface area contributed by atoms with E-state index < -0.39 is 0 Å². The quantitative estimate of drug-likeness (QED) is 0.793. The first kappa shape index (κ1) is 15.7. The molecular weight excluding hydrogens is 260 g/mol. The largest absolute Gasteiger partial charge is 0.384 e. The number of carbonyl (C=O) groups is 1. The molecule has 0 fully saturated rings. The minimum atomic E-state index is -0.125. The van der Waals surface area contributed by atoms with E-state index in [4.69, 9.17) is 5.11 Å². The van der Waals surface area contributed by atoms with Gasteiger partial charge in [0.25, 0.3) is 0 Å². The number of nitrogens with one attached hydrogen (secondary N) is 1. The number of carbonyl (C=O) groups excluding carboxylic acids is 1. The molecule has 0 saturated heterocycles. The number of likely N-dealkylation sites (N-methyl/N-ethyl adjacent to an activating group) is 1. The molecule has 0 unspecified atom stereocenters. The molecule has 0 aliphatic rings. The van der Waals surface area contributed by atoms with Crippen molar-refractivity contribution in [3.05, 3.63) is 21.9 Å². The molecule has 5 heteroatoms. The van der Waals surface area contributed by atoms with Gasteiger partial charge in [0.05, 0.1) is 6.54 Å². The van der Waals surface area contributed by atoms with E-state index in [9.17, 15) is 4.79 Å². The third-order valence-corrected chi connectivity index (χ3v) is 3.18. The Labute approximate surface area is 118 Å². The monoisotopic (exact) mass is 280 g/mol. The number of amides is 1. The Morgan fingerprint density at radius 3 is 2.95 bits per heavy atom. The van der Waals surface area contributed by atoms with E-state index in [2.05, 4.69) is 17.2 Å². The minimum absolute atomic E-state index is 0.0364. The fourth-order valence-corrected chi connectivity index (χ4v) is 2.50. The highest BCUT2D eigenvalue weighted by Crippen LogP contribution is 2.15. The van der Waals surface area contributed by atoms with Gasteiger partial charge in [0.15, 0.2) is 0 Å². The summed E-state index contributed by atoms with van der Waals surface area (Å²) in [5, 5.41) is 13.5. The predicted molar refractivity (Wildman–Crippen MR) is 77.9 cm³/mol. The molecule has 0 bridgehead atoms. The van der Waals surface area contributed by atoms with Crippen LogP contribution in [0.15, 0.2) is 11.4 Å². The third kappa shape index (κ3) is 6.39. The molecule has 0 spiro atoms. The molecule has 1 rings (SSSR count). The summed E-state index contributed by atoms with van der Waals surface area (Å²) in [7, 11) is 1.92. The van der Waals surface area contributed by atoms with Crippen molar-refractivity contribution in [3.8, 4) is 11.8 Å². The van der Waals surface area contributed by atoms with Crippen LogP contribution < -0.4 is 5.32 Å². The van der Waals surface area contributed by atoms with Gasteiger partial charge in [0.1, 0.15) is 6.61 Å². The van der Waals surface area contributed by atoms with E-state index >= 15 is 0 Å². The maximum Gasteiger partial charge on any atom is 0.234 e. The fourth-order valence-electron chi connectivity index (χ4n) is 1.61. The number of aliphatic hydroxyl groups excluding tert-OH is 1. The van der Waals surface area contributed by atoms with Crippen LogP contribution in [0.5, 0.6) is 0 Å². The van der Waals surface area contributed by atoms with E-state index in [1.165, 1.54) is 0 Å². The molecule has 1 amide bonds. The number of rotatable bonds is 5. The molecule has 1 aromatic heterocycles. The van der Waals surface area contributed by atoms with Crippen molar-refractivity contribution < 1.29 is 9.90 Å². The molecule has 2 N–H and O–H groups in total. The van der Waals surface area contributed by atoms with Gasteiger partial charge >= 0.3 is 0 Å². The lowest BCUT2D eigenvalue weighted by molar-refractivity contribution is -0.122. The highest BCUT2D eigenvalue weighted by atomic mass is 32.1. The van der Waals surface area contributed by atoms with Crippen LogP contribution in [0.25, 0.3) is 0 Å². The van der Waals surface area contributed by atoms with Crippen molar-refractivity contribution in [2.24, 2.45) is 0 Å². The Hall–Kier alpha value is -1.35. The van der Waals surface area contributed by atoms with Gasteiger partial charge in [0, 0.05) is 28.4 Å². The van der Waals surface area contributed by atoms with Crippen molar-refractivity contribution in [1.29, 1.82) is 0 Å². The van der Waals surface area contributed by atoms with Crippen molar-refractivity contribution >= 4 is 17.2 Å². The molecule has 104 valence electrons. The average molecular weight is 280 g/mol. The van der Waals surface area contributed by atoms with E-state index in [0.717, 1.165) is 17.0 Å². The molecule has 0 atom stereocenters. The second-order valence-corrected chi connectivity index (χ2v) is 5.65. The van der Waals surface area contributed by atoms with Crippen molar-refractivity contribution in [2.75, 3.05) is 20.2 Å². The van der Waals surface area contributed by atoms with Gasteiger partial charge < -0.3 is 10.4 Å². The highest BCUT2D eigenvalue weighted by molar-refractivity contribution is 7.10. The van der Waals surface area contributed by atoms with Crippen LogP contribution in [-0.4, -0.2) is 42.2 Å². The summed E-state index contributed by atoms with van der Waals surface area (Å²) in [5.41, 5.74) is 0.911. The summed E-state index contributed by atoms with van der Waals surface area (Å²) < 4.78 is 0. The molecule has 19 heavy (non-hydrogen) atoms. The third-order valence-electron chi connectivity index (χ3n) is 2.25. The summed E-state index contributed by atoms with van der Waals surface area (Å²) in [6.07, 6.45) is 0. The Kier molecular flexibility index (Phi) is 6.57. The lowest BCUT2D eigenvalue weighted by atomic mass is 10.3. The normalized spacial score (nSPS) is 10.4. The van der Waals surface area contributed by atoms with Crippen molar-refractivity contribution in [3.63, 3.8) is 0 Å². The van der Waals surface area contributed by atoms with Crippen LogP contribution in [0.3, 0.4) is 0 Å². The second-order valence-electron chi connectivity index (χ2n) is 4.66. The zero-order chi connectivity index (χ0) is 14.3. The molecule has 0 aliphatic heterocycles. The number of nitrogens with zero attached hydrogens (tertiary/aromatic N) is 1. The van der Waals surface area contributed by atoms with Gasteiger partial charge in [-0.05, 0) is 27.0 Å². The van der Waals surface area contributed by atoms with Gasteiger partial charge in [-0.15, -0.1) is 11.3 Å². The van der Waals surface area contributed by atoms with E-state index in [-0.39, 0.29) is 18.6 Å². The van der Waals surface area contributed by atoms with Crippen molar-refractivity contribution in [2.45, 2.75) is 26.4 Å². The average Bonchev–Trinajstić information content (AvgIpc) is 2.72. The smallest absolute Gasteiger partial charge is 0.234 e. The van der Waals surface area contributed by atoms with Crippen LogP contribution in [0.4, 0.5) is 0 Å². The van der Waals surface area contributed by atoms with Gasteiger partial charge in [-0.2, -0.15) is 0 Å². The summed E-state index contributed by atoms with van der Waals surface area (Å²) in [4.78, 5) is 14.7. The summed E-state index contributed by atoms with van der Waals surface area (Å²) in [6, 6.07) is 2.16. The molecule has 1 heterocycles. The van der Waals surface area contributed by atoms with E-state index in [1.807, 2.05) is 37.2 Å². The molecule has 0 radical (unpaired) electrons. The first-order valence-corrected chi connectivity index (χ1v) is 7.04. The highest BCUT2D eigenvalue weighted by Gasteiger charge is 2.09. The maximum atomic E-state index is 11.6. The Bertz CT molecular complexity index is 471. The van der Waals surface area contributed by atoms with Crippen LogP contribution in [0.2, 0.25) is 0 Å². The Morgan fingerprint density at radius 2 is 2.32 bits per heavy atom. The topological polar surface area (TPSA) is 52.6 Å². The van der Waals surface area contributed by atoms with Gasteiger partial charge in [-0.3, -0.25) is 9.69 Å². The second kappa shape index (κ2) is 7.95. The number of hydrogen-bond donors (Lipinski definition) is 2. The van der Waals surface area contributed by atoms with Gasteiger partial charge in [-0.25, -0.2) is 0 Å². The minimum Gasteiger partial charge on any atom is -0.384 e. The Balaban J connectivity index is 2.46. The van der Waals surface area contributed by atoms with E-state index in [1.54, 1.807) is 11.3 Å². The first-order chi connectivity index (χ1) is 9.01. The van der Waals surface area contributed by atoms with Crippen LogP contribution >= 0.6 is 11.3 Å². The SMILES string of the molecule is CC(C)NC(=O)CN(C)Cc1cc(C#CCO)cs1. The number of thiophene rings is 1. The van der Waals surface area contributed by atoms with E-state index in [0.29, 0.717) is 6.54 Å². The predicted octanol–water partition coefficient (Wildman–Crippen LogP) is 1.05. The number of hydrogen-bond acceptors (Lipinski definition) is 4. The lowest BCUT2D eigenvalue weighted by Crippen LogP contribution is -2.38. The zero-order valence-electron chi connectivity index (χ0n) is 11.6. The molecule has 0 aliphatic carbocycles. The number of aliphatic hydroxyl groups is 1. The Morgan fingerprint density at radius 1 is 1.58 bits per heavy atom. The molecule has 0 aromatic carbocycles. The molecular formula is C14H20N2O2S. The summed E-state index contributed by atoms with van der Waals surface area (Å²) in [6.45, 7) is 4.87. The molecule has 1 aromatic rings. The zero-order valence-corrected chi connectivity index (χ0v) is 12.4.